The molecule has 2 rings (SSSR count). The van der Waals surface area contributed by atoms with E-state index in [1.54, 1.807) is 0 Å². The zero-order valence-electron chi connectivity index (χ0n) is 8.94. The number of rotatable bonds is 3. The van der Waals surface area contributed by atoms with E-state index >= 15 is 0 Å². The third kappa shape index (κ3) is 2.84. The largest absolute Gasteiger partial charge is 0.110 e. The van der Waals surface area contributed by atoms with Crippen molar-refractivity contribution < 1.29 is 0 Å². The van der Waals surface area contributed by atoms with E-state index in [9.17, 15) is 0 Å². The molecule has 0 spiro atoms. The fourth-order valence-corrected chi connectivity index (χ4v) is 2.42. The lowest BCUT2D eigenvalue weighted by molar-refractivity contribution is 0.851. The van der Waals surface area contributed by atoms with Gasteiger partial charge in [0.25, 0.3) is 0 Å². The molecule has 0 radical (unpaired) electrons. The van der Waals surface area contributed by atoms with Gasteiger partial charge in [0.2, 0.25) is 0 Å². The molecule has 0 aromatic heterocycles. The first kappa shape index (κ1) is 11.6. The Kier molecular flexibility index (Phi) is 3.63. The second-order valence-electron chi connectivity index (χ2n) is 3.89. The van der Waals surface area contributed by atoms with Crippen LogP contribution in [-0.4, -0.2) is 0 Å². The van der Waals surface area contributed by atoms with E-state index in [1.807, 2.05) is 36.4 Å². The van der Waals surface area contributed by atoms with Crippen LogP contribution in [0.15, 0.2) is 60.7 Å². The lowest BCUT2D eigenvalue weighted by Gasteiger charge is -2.22. The van der Waals surface area contributed by atoms with Gasteiger partial charge in [0, 0.05) is 0 Å². The Bertz CT molecular complexity index is 437. The van der Waals surface area contributed by atoms with Gasteiger partial charge in [0.15, 0.2) is 0 Å². The normalized spacial score (nSPS) is 14.4. The van der Waals surface area contributed by atoms with Crippen molar-refractivity contribution in [3.05, 3.63) is 71.8 Å². The van der Waals surface area contributed by atoms with Crippen LogP contribution >= 0.6 is 20.8 Å². The summed E-state index contributed by atoms with van der Waals surface area (Å²) in [5.74, 6) is 0. The number of hydrogen-bond donors (Lipinski definition) is 0. The average molecular weight is 249 g/mol. The summed E-state index contributed by atoms with van der Waals surface area (Å²) in [6.45, 7) is 0. The number of benzene rings is 2. The van der Waals surface area contributed by atoms with Gasteiger partial charge in [0.05, 0.1) is 4.62 Å². The Hall–Kier alpha value is -0.840. The molecule has 0 saturated carbocycles. The zero-order valence-corrected chi connectivity index (χ0v) is 10.8. The zero-order chi connectivity index (χ0) is 11.4. The van der Waals surface area contributed by atoms with Crippen LogP contribution in [0.2, 0.25) is 0 Å². The minimum atomic E-state index is -0.414. The molecule has 0 aliphatic rings. The van der Waals surface area contributed by atoms with Crippen LogP contribution in [0.1, 0.15) is 11.1 Å². The maximum Gasteiger partial charge on any atom is 0.0870 e. The minimum Gasteiger partial charge on any atom is -0.110 e. The fraction of sp³-hybridized carbons (Fsp3) is 0.143. The lowest BCUT2D eigenvalue weighted by atomic mass is 10.0. The Morgan fingerprint density at radius 3 is 1.94 bits per heavy atom. The maximum absolute atomic E-state index is 6.56. The Balaban J connectivity index is 2.21. The van der Waals surface area contributed by atoms with Gasteiger partial charge in [-0.15, -0.1) is 20.8 Å². The second-order valence-corrected chi connectivity index (χ2v) is 5.92. The van der Waals surface area contributed by atoms with E-state index in [0.29, 0.717) is 0 Å². The van der Waals surface area contributed by atoms with Crippen LogP contribution in [0.5, 0.6) is 0 Å². The monoisotopic (exact) mass is 248 g/mol. The minimum absolute atomic E-state index is 0.414. The van der Waals surface area contributed by atoms with Gasteiger partial charge in [-0.25, -0.2) is 0 Å². The molecule has 0 aliphatic carbocycles. The lowest BCUT2D eigenvalue weighted by Crippen LogP contribution is -2.12. The highest BCUT2D eigenvalue weighted by atomic mass is 35.5. The van der Waals surface area contributed by atoms with E-state index in [2.05, 4.69) is 33.5 Å². The van der Waals surface area contributed by atoms with Crippen LogP contribution < -0.4 is 0 Å². The van der Waals surface area contributed by atoms with Crippen molar-refractivity contribution >= 4 is 20.8 Å². The Morgan fingerprint density at radius 2 is 1.38 bits per heavy atom. The third-order valence-corrected chi connectivity index (χ3v) is 3.45. The Labute approximate surface area is 104 Å². The van der Waals surface area contributed by atoms with Crippen molar-refractivity contribution in [2.24, 2.45) is 0 Å². The molecule has 0 saturated heterocycles. The molecular weight excluding hydrogens is 235 g/mol. The summed E-state index contributed by atoms with van der Waals surface area (Å²) in [4.78, 5) is 0. The quantitative estimate of drug-likeness (QED) is 0.564. The van der Waals surface area contributed by atoms with Gasteiger partial charge in [-0.1, -0.05) is 60.7 Å². The van der Waals surface area contributed by atoms with Crippen LogP contribution in [-0.2, 0) is 11.0 Å². The molecule has 0 N–H and O–H groups in total. The van der Waals surface area contributed by atoms with Crippen LogP contribution in [0, 0.1) is 0 Å². The summed E-state index contributed by atoms with van der Waals surface area (Å²) >= 11 is 6.56. The van der Waals surface area contributed by atoms with Gasteiger partial charge in [-0.05, 0) is 17.5 Å². The Morgan fingerprint density at radius 1 is 0.875 bits per heavy atom. The summed E-state index contributed by atoms with van der Waals surface area (Å²) in [7, 11) is 2.74. The molecule has 0 aliphatic heterocycles. The number of halogens is 1. The predicted octanol–water partition coefficient (Wildman–Crippen LogP) is 4.20. The van der Waals surface area contributed by atoms with E-state index in [1.165, 1.54) is 5.56 Å². The summed E-state index contributed by atoms with van der Waals surface area (Å²) < 4.78 is -0.414. The van der Waals surface area contributed by atoms with Crippen molar-refractivity contribution in [1.82, 2.24) is 0 Å². The molecule has 2 heteroatoms. The van der Waals surface area contributed by atoms with E-state index < -0.39 is 4.62 Å². The molecule has 2 unspecified atom stereocenters. The predicted molar refractivity (Wildman–Crippen MR) is 73.8 cm³/mol. The van der Waals surface area contributed by atoms with Gasteiger partial charge >= 0.3 is 0 Å². The molecule has 0 heterocycles. The van der Waals surface area contributed by atoms with E-state index in [4.69, 9.17) is 11.6 Å². The first-order valence-electron chi connectivity index (χ1n) is 5.26. The fourth-order valence-electron chi connectivity index (χ4n) is 1.71. The van der Waals surface area contributed by atoms with Crippen molar-refractivity contribution in [2.45, 2.75) is 11.0 Å². The van der Waals surface area contributed by atoms with Crippen LogP contribution in [0.3, 0.4) is 0 Å². The molecular formula is C14H14ClP. The van der Waals surface area contributed by atoms with Gasteiger partial charge in [0.1, 0.15) is 0 Å². The molecule has 16 heavy (non-hydrogen) atoms. The summed E-state index contributed by atoms with van der Waals surface area (Å²) in [5.41, 5.74) is 2.38. The second kappa shape index (κ2) is 4.99. The smallest absolute Gasteiger partial charge is 0.0870 e. The van der Waals surface area contributed by atoms with E-state index in [-0.39, 0.29) is 0 Å². The first-order valence-corrected chi connectivity index (χ1v) is 6.21. The molecule has 82 valence electrons. The van der Waals surface area contributed by atoms with Gasteiger partial charge in [-0.2, -0.15) is 0 Å². The molecule has 2 aromatic carbocycles. The molecule has 0 fully saturated rings. The van der Waals surface area contributed by atoms with Crippen LogP contribution in [0.25, 0.3) is 0 Å². The SMILES string of the molecule is PC(Cl)(Cc1ccccc1)c1ccccc1. The molecule has 0 amide bonds. The topological polar surface area (TPSA) is 0 Å². The number of hydrogen-bond acceptors (Lipinski definition) is 0. The summed E-state index contributed by atoms with van der Waals surface area (Å²) in [5, 5.41) is 0. The van der Waals surface area contributed by atoms with Crippen molar-refractivity contribution in [3.8, 4) is 0 Å². The standard InChI is InChI=1S/C14H14ClP/c15-14(16,13-9-5-2-6-10-13)11-12-7-3-1-4-8-12/h1-10H,11,16H2. The van der Waals surface area contributed by atoms with E-state index in [0.717, 1.165) is 12.0 Å². The molecule has 0 nitrogen and oxygen atoms in total. The van der Waals surface area contributed by atoms with Crippen molar-refractivity contribution in [1.29, 1.82) is 0 Å². The summed E-state index contributed by atoms with van der Waals surface area (Å²) in [6.07, 6.45) is 0.810. The molecule has 2 atom stereocenters. The van der Waals surface area contributed by atoms with Gasteiger partial charge < -0.3 is 0 Å². The highest BCUT2D eigenvalue weighted by Crippen LogP contribution is 2.39. The first-order chi connectivity index (χ1) is 7.68. The van der Waals surface area contributed by atoms with Crippen molar-refractivity contribution in [3.63, 3.8) is 0 Å². The summed E-state index contributed by atoms with van der Waals surface area (Å²) in [6, 6.07) is 20.5. The molecule has 0 bridgehead atoms. The third-order valence-electron chi connectivity index (χ3n) is 2.56. The maximum atomic E-state index is 6.56. The highest BCUT2D eigenvalue weighted by Gasteiger charge is 2.23. The van der Waals surface area contributed by atoms with Gasteiger partial charge in [-0.3, -0.25) is 0 Å². The van der Waals surface area contributed by atoms with Crippen LogP contribution in [0.4, 0.5) is 0 Å². The molecule has 2 aromatic rings. The van der Waals surface area contributed by atoms with Crippen molar-refractivity contribution in [2.75, 3.05) is 0 Å². The number of alkyl halides is 1. The highest BCUT2D eigenvalue weighted by molar-refractivity contribution is 7.22. The average Bonchev–Trinajstić information content (AvgIpc) is 2.31.